The van der Waals surface area contributed by atoms with E-state index < -0.39 is 6.03 Å². The third-order valence-corrected chi connectivity index (χ3v) is 4.77. The summed E-state index contributed by atoms with van der Waals surface area (Å²) in [4.78, 5) is 23.8. The van der Waals surface area contributed by atoms with E-state index in [2.05, 4.69) is 20.8 Å². The molecule has 0 radical (unpaired) electrons. The van der Waals surface area contributed by atoms with Gasteiger partial charge >= 0.3 is 6.03 Å². The fraction of sp³-hybridized carbons (Fsp3) is 0.231. The van der Waals surface area contributed by atoms with Crippen LogP contribution in [0.4, 0.5) is 4.79 Å². The number of thiazole rings is 1. The minimum absolute atomic E-state index is 0.0993. The molecule has 2 aromatic heterocycles. The zero-order valence-corrected chi connectivity index (χ0v) is 13.3. The van der Waals surface area contributed by atoms with Crippen LogP contribution in [0.25, 0.3) is 15.2 Å². The summed E-state index contributed by atoms with van der Waals surface area (Å²) in [7, 11) is 0. The Hall–Kier alpha value is -2.13. The number of thioether (sulfide) groups is 1. The van der Waals surface area contributed by atoms with Crippen LogP contribution in [0.1, 0.15) is 6.92 Å². The van der Waals surface area contributed by atoms with Crippen LogP contribution >= 0.6 is 23.1 Å². The van der Waals surface area contributed by atoms with Crippen molar-refractivity contribution >= 4 is 50.2 Å². The number of imide groups is 1. The molecular formula is C13H13N5O2S2. The molecule has 22 heavy (non-hydrogen) atoms. The highest BCUT2D eigenvalue weighted by molar-refractivity contribution is 7.99. The van der Waals surface area contributed by atoms with E-state index in [1.807, 2.05) is 28.7 Å². The largest absolute Gasteiger partial charge is 0.338 e. The second kappa shape index (κ2) is 6.32. The fourth-order valence-electron chi connectivity index (χ4n) is 1.95. The summed E-state index contributed by atoms with van der Waals surface area (Å²) >= 11 is 2.79. The predicted octanol–water partition coefficient (Wildman–Crippen LogP) is 1.88. The Labute approximate surface area is 134 Å². The van der Waals surface area contributed by atoms with E-state index in [-0.39, 0.29) is 11.7 Å². The normalized spacial score (nSPS) is 11.0. The van der Waals surface area contributed by atoms with E-state index >= 15 is 0 Å². The molecule has 3 amide bonds. The van der Waals surface area contributed by atoms with Crippen molar-refractivity contribution in [2.45, 2.75) is 12.1 Å². The predicted molar refractivity (Wildman–Crippen MR) is 86.3 cm³/mol. The van der Waals surface area contributed by atoms with Crippen molar-refractivity contribution in [1.29, 1.82) is 0 Å². The highest BCUT2D eigenvalue weighted by Gasteiger charge is 2.14. The molecule has 0 aliphatic carbocycles. The van der Waals surface area contributed by atoms with Crippen LogP contribution in [0.3, 0.4) is 0 Å². The van der Waals surface area contributed by atoms with Gasteiger partial charge in [-0.2, -0.15) is 0 Å². The Bertz CT molecular complexity index is 841. The molecule has 2 heterocycles. The van der Waals surface area contributed by atoms with Gasteiger partial charge in [0, 0.05) is 6.54 Å². The lowest BCUT2D eigenvalue weighted by Crippen LogP contribution is -2.40. The van der Waals surface area contributed by atoms with Gasteiger partial charge < -0.3 is 5.32 Å². The third kappa shape index (κ3) is 2.90. The number of para-hydroxylation sites is 1. The number of rotatable bonds is 4. The van der Waals surface area contributed by atoms with Gasteiger partial charge in [0.2, 0.25) is 10.9 Å². The van der Waals surface area contributed by atoms with Gasteiger partial charge in [0.1, 0.15) is 0 Å². The molecule has 0 bridgehead atoms. The average Bonchev–Trinajstić information content (AvgIpc) is 3.04. The van der Waals surface area contributed by atoms with E-state index in [1.54, 1.807) is 18.3 Å². The van der Waals surface area contributed by atoms with Crippen LogP contribution < -0.4 is 10.6 Å². The maximum absolute atomic E-state index is 11.7. The average molecular weight is 335 g/mol. The molecule has 0 aliphatic rings. The van der Waals surface area contributed by atoms with Crippen molar-refractivity contribution < 1.29 is 9.59 Å². The maximum Gasteiger partial charge on any atom is 0.321 e. The number of nitrogens with one attached hydrogen (secondary N) is 2. The topological polar surface area (TPSA) is 88.4 Å². The van der Waals surface area contributed by atoms with E-state index in [9.17, 15) is 9.59 Å². The molecule has 9 heteroatoms. The molecule has 0 unspecified atom stereocenters. The van der Waals surface area contributed by atoms with Crippen molar-refractivity contribution in [3.05, 3.63) is 24.3 Å². The van der Waals surface area contributed by atoms with Gasteiger partial charge in [-0.1, -0.05) is 35.2 Å². The molecule has 2 N–H and O–H groups in total. The van der Waals surface area contributed by atoms with Gasteiger partial charge in [-0.3, -0.25) is 14.5 Å². The smallest absolute Gasteiger partial charge is 0.321 e. The summed E-state index contributed by atoms with van der Waals surface area (Å²) < 4.78 is 3.03. The molecule has 114 valence electrons. The second-order valence-electron chi connectivity index (χ2n) is 4.37. The first-order chi connectivity index (χ1) is 10.7. The highest BCUT2D eigenvalue weighted by atomic mass is 32.2. The third-order valence-electron chi connectivity index (χ3n) is 2.83. The zero-order valence-electron chi connectivity index (χ0n) is 11.7. The fourth-order valence-corrected chi connectivity index (χ4v) is 3.71. The number of nitrogens with zero attached hydrogens (tertiary/aromatic N) is 3. The quantitative estimate of drug-likeness (QED) is 0.711. The number of urea groups is 1. The number of benzene rings is 1. The molecule has 3 rings (SSSR count). The van der Waals surface area contributed by atoms with Crippen molar-refractivity contribution in [2.75, 3.05) is 12.3 Å². The summed E-state index contributed by atoms with van der Waals surface area (Å²) in [5, 5.41) is 13.6. The number of carbonyl (C=O) groups excluding carboxylic acids is 2. The standard InChI is InChI=1S/C13H13N5O2S2/c1-2-14-11(20)15-10(19)7-21-12-16-17-13-18(12)8-5-3-4-6-9(8)22-13/h3-6H,2,7H2,1H3,(H2,14,15,19,20). The van der Waals surface area contributed by atoms with Gasteiger partial charge in [-0.05, 0) is 19.1 Å². The van der Waals surface area contributed by atoms with Gasteiger partial charge in [-0.25, -0.2) is 4.79 Å². The summed E-state index contributed by atoms with van der Waals surface area (Å²) in [6.07, 6.45) is 0. The van der Waals surface area contributed by atoms with Gasteiger partial charge in [0.15, 0.2) is 5.16 Å². The lowest BCUT2D eigenvalue weighted by molar-refractivity contribution is -0.117. The number of carbonyl (C=O) groups is 2. The zero-order chi connectivity index (χ0) is 15.5. The Balaban J connectivity index is 1.74. The van der Waals surface area contributed by atoms with Crippen molar-refractivity contribution in [1.82, 2.24) is 25.2 Å². The van der Waals surface area contributed by atoms with Crippen LogP contribution in [0.5, 0.6) is 0 Å². The number of amides is 3. The molecule has 0 fully saturated rings. The molecule has 0 saturated carbocycles. The van der Waals surface area contributed by atoms with Crippen LogP contribution in [0.15, 0.2) is 29.4 Å². The van der Waals surface area contributed by atoms with Crippen LogP contribution in [0.2, 0.25) is 0 Å². The molecule has 0 atom stereocenters. The molecule has 0 saturated heterocycles. The summed E-state index contributed by atoms with van der Waals surface area (Å²) in [5.41, 5.74) is 1.01. The number of hydrogen-bond acceptors (Lipinski definition) is 6. The Morgan fingerprint density at radius 2 is 2.14 bits per heavy atom. The van der Waals surface area contributed by atoms with Crippen LogP contribution in [-0.2, 0) is 4.79 Å². The van der Waals surface area contributed by atoms with E-state index in [1.165, 1.54) is 11.8 Å². The Morgan fingerprint density at radius 1 is 1.32 bits per heavy atom. The van der Waals surface area contributed by atoms with Crippen molar-refractivity contribution in [3.8, 4) is 0 Å². The van der Waals surface area contributed by atoms with Crippen molar-refractivity contribution in [2.24, 2.45) is 0 Å². The summed E-state index contributed by atoms with van der Waals surface area (Å²) in [6, 6.07) is 7.44. The molecule has 0 aliphatic heterocycles. The molecular weight excluding hydrogens is 322 g/mol. The number of fused-ring (bicyclic) bond motifs is 3. The second-order valence-corrected chi connectivity index (χ2v) is 6.32. The Morgan fingerprint density at radius 3 is 2.95 bits per heavy atom. The lowest BCUT2D eigenvalue weighted by atomic mass is 10.3. The van der Waals surface area contributed by atoms with E-state index in [0.717, 1.165) is 15.2 Å². The van der Waals surface area contributed by atoms with Crippen molar-refractivity contribution in [3.63, 3.8) is 0 Å². The maximum atomic E-state index is 11.7. The first-order valence-electron chi connectivity index (χ1n) is 6.62. The van der Waals surface area contributed by atoms with Gasteiger partial charge in [0.25, 0.3) is 0 Å². The monoisotopic (exact) mass is 335 g/mol. The van der Waals surface area contributed by atoms with Crippen LogP contribution in [0, 0.1) is 0 Å². The first kappa shape index (κ1) is 14.8. The summed E-state index contributed by atoms with van der Waals surface area (Å²) in [5.74, 6) is -0.269. The number of aromatic nitrogens is 3. The minimum Gasteiger partial charge on any atom is -0.338 e. The van der Waals surface area contributed by atoms with Gasteiger partial charge in [0.05, 0.1) is 16.0 Å². The molecule has 7 nitrogen and oxygen atoms in total. The number of hydrogen-bond donors (Lipinski definition) is 2. The molecule has 3 aromatic rings. The minimum atomic E-state index is -0.486. The van der Waals surface area contributed by atoms with Crippen LogP contribution in [-0.4, -0.2) is 38.8 Å². The Kier molecular flexibility index (Phi) is 4.25. The van der Waals surface area contributed by atoms with Gasteiger partial charge in [-0.15, -0.1) is 10.2 Å². The molecule has 1 aromatic carbocycles. The highest BCUT2D eigenvalue weighted by Crippen LogP contribution is 2.29. The van der Waals surface area contributed by atoms with E-state index in [4.69, 9.17) is 0 Å². The summed E-state index contributed by atoms with van der Waals surface area (Å²) in [6.45, 7) is 2.26. The van der Waals surface area contributed by atoms with E-state index in [0.29, 0.717) is 11.7 Å². The first-order valence-corrected chi connectivity index (χ1v) is 8.42. The molecule has 0 spiro atoms. The SMILES string of the molecule is CCNC(=O)NC(=O)CSc1nnc2sc3ccccc3n12. The lowest BCUT2D eigenvalue weighted by Gasteiger charge is -2.03.